The summed E-state index contributed by atoms with van der Waals surface area (Å²) in [7, 11) is 0. The van der Waals surface area contributed by atoms with Crippen molar-refractivity contribution in [1.29, 1.82) is 0 Å². The summed E-state index contributed by atoms with van der Waals surface area (Å²) >= 11 is 5.89. The van der Waals surface area contributed by atoms with Crippen LogP contribution in [0.2, 0.25) is 5.02 Å². The highest BCUT2D eigenvalue weighted by Crippen LogP contribution is 2.19. The van der Waals surface area contributed by atoms with E-state index >= 15 is 0 Å². The Morgan fingerprint density at radius 3 is 2.43 bits per heavy atom. The molecule has 0 aliphatic rings. The minimum absolute atomic E-state index is 0.0297. The van der Waals surface area contributed by atoms with Gasteiger partial charge in [0.15, 0.2) is 0 Å². The first-order valence-corrected chi connectivity index (χ1v) is 7.53. The average Bonchev–Trinajstić information content (AvgIpc) is 2.89. The van der Waals surface area contributed by atoms with Gasteiger partial charge in [-0.2, -0.15) is 0 Å². The maximum Gasteiger partial charge on any atom is 0.307 e. The van der Waals surface area contributed by atoms with Crippen molar-refractivity contribution in [1.82, 2.24) is 10.4 Å². The highest BCUT2D eigenvalue weighted by atomic mass is 35.5. The molecule has 1 heterocycles. The number of rotatable bonds is 2. The number of hydrazine groups is 1. The first-order valence-electron chi connectivity index (χ1n) is 7.15. The quantitative estimate of drug-likeness (QED) is 0.849. The maximum atomic E-state index is 12.8. The number of carbonyl (C=O) groups is 2. The minimum atomic E-state index is -0.629. The largest absolute Gasteiger partial charge is 0.457 e. The lowest BCUT2D eigenvalue weighted by atomic mass is 10.1. The Hall–Kier alpha value is -2.27. The Morgan fingerprint density at radius 2 is 1.91 bits per heavy atom. The van der Waals surface area contributed by atoms with E-state index in [0.29, 0.717) is 5.56 Å². The molecule has 0 saturated carbocycles. The predicted molar refractivity (Wildman–Crippen MR) is 88.3 cm³/mol. The Kier molecular flexibility index (Phi) is 4.80. The summed E-state index contributed by atoms with van der Waals surface area (Å²) in [5.74, 6) is -0.911. The number of halogens is 1. The van der Waals surface area contributed by atoms with Crippen molar-refractivity contribution in [3.8, 4) is 0 Å². The van der Waals surface area contributed by atoms with Crippen LogP contribution in [0.4, 0.5) is 0 Å². The molecule has 23 heavy (non-hydrogen) atoms. The molecule has 1 N–H and O–H groups in total. The smallest absolute Gasteiger partial charge is 0.307 e. The fourth-order valence-electron chi connectivity index (χ4n) is 2.04. The molecule has 1 aromatic heterocycles. The number of furan rings is 1. The van der Waals surface area contributed by atoms with Gasteiger partial charge >= 0.3 is 5.91 Å². The van der Waals surface area contributed by atoms with Gasteiger partial charge in [-0.15, -0.1) is 0 Å². The van der Waals surface area contributed by atoms with Gasteiger partial charge in [-0.3, -0.25) is 15.0 Å². The van der Waals surface area contributed by atoms with Crippen LogP contribution in [0.3, 0.4) is 0 Å². The van der Waals surface area contributed by atoms with Crippen LogP contribution in [-0.2, 0) is 0 Å². The summed E-state index contributed by atoms with van der Waals surface area (Å²) in [5.41, 5.74) is 3.41. The summed E-state index contributed by atoms with van der Waals surface area (Å²) < 4.78 is 5.06. The molecule has 122 valence electrons. The Bertz CT molecular complexity index is 731. The predicted octanol–water partition coefficient (Wildman–Crippen LogP) is 3.83. The van der Waals surface area contributed by atoms with Crippen molar-refractivity contribution in [2.45, 2.75) is 33.2 Å². The second kappa shape index (κ2) is 6.46. The van der Waals surface area contributed by atoms with Crippen molar-refractivity contribution in [3.63, 3.8) is 0 Å². The van der Waals surface area contributed by atoms with Crippen LogP contribution >= 0.6 is 11.6 Å². The van der Waals surface area contributed by atoms with Gasteiger partial charge in [0.1, 0.15) is 0 Å². The summed E-state index contributed by atoms with van der Waals surface area (Å²) in [6.07, 6.45) is 1.32. The van der Waals surface area contributed by atoms with Gasteiger partial charge in [-0.05, 0) is 45.9 Å². The second-order valence-corrected chi connectivity index (χ2v) is 6.63. The van der Waals surface area contributed by atoms with Gasteiger partial charge in [-0.25, -0.2) is 5.01 Å². The minimum Gasteiger partial charge on any atom is -0.457 e. The Balaban J connectivity index is 2.30. The molecule has 6 heteroatoms. The van der Waals surface area contributed by atoms with E-state index in [-0.39, 0.29) is 16.7 Å². The number of amides is 2. The van der Waals surface area contributed by atoms with Crippen molar-refractivity contribution in [3.05, 3.63) is 58.5 Å². The van der Waals surface area contributed by atoms with Crippen LogP contribution in [0.15, 0.2) is 41.0 Å². The molecule has 0 fully saturated rings. The zero-order valence-electron chi connectivity index (χ0n) is 13.5. The summed E-state index contributed by atoms with van der Waals surface area (Å²) in [6, 6.07) is 8.65. The molecule has 2 rings (SSSR count). The molecule has 0 atom stereocenters. The van der Waals surface area contributed by atoms with Crippen molar-refractivity contribution < 1.29 is 14.0 Å². The SMILES string of the molecule is Cc1cccc(C(=O)N(NC(=O)c2occc2Cl)C(C)(C)C)c1. The van der Waals surface area contributed by atoms with Crippen molar-refractivity contribution >= 4 is 23.4 Å². The molecule has 0 saturated heterocycles. The molecule has 2 aromatic rings. The Morgan fingerprint density at radius 1 is 1.22 bits per heavy atom. The van der Waals surface area contributed by atoms with E-state index in [2.05, 4.69) is 5.43 Å². The molecule has 0 spiro atoms. The molecule has 0 unspecified atom stereocenters. The summed E-state index contributed by atoms with van der Waals surface area (Å²) in [5, 5.41) is 1.47. The van der Waals surface area contributed by atoms with Crippen LogP contribution in [0.1, 0.15) is 47.2 Å². The Labute approximate surface area is 140 Å². The molecule has 1 aromatic carbocycles. The van der Waals surface area contributed by atoms with Gasteiger partial charge in [0.05, 0.1) is 16.8 Å². The summed E-state index contributed by atoms with van der Waals surface area (Å²) in [4.78, 5) is 25.1. The zero-order chi connectivity index (χ0) is 17.2. The molecule has 0 aliphatic carbocycles. The van der Waals surface area contributed by atoms with E-state index in [0.717, 1.165) is 5.56 Å². The molecule has 0 bridgehead atoms. The third kappa shape index (κ3) is 3.93. The van der Waals surface area contributed by atoms with E-state index in [1.54, 1.807) is 18.2 Å². The zero-order valence-corrected chi connectivity index (χ0v) is 14.3. The lowest BCUT2D eigenvalue weighted by Gasteiger charge is -2.35. The molecule has 2 amide bonds. The second-order valence-electron chi connectivity index (χ2n) is 6.22. The molecule has 0 aliphatic heterocycles. The van der Waals surface area contributed by atoms with Crippen LogP contribution in [0.5, 0.6) is 0 Å². The first-order chi connectivity index (χ1) is 10.7. The standard InChI is InChI=1S/C17H19ClN2O3/c1-11-6-5-7-12(10-11)16(22)20(17(2,3)4)19-15(21)14-13(18)8-9-23-14/h5-10H,1-4H3,(H,19,21). The monoisotopic (exact) mass is 334 g/mol. The molecular formula is C17H19ClN2O3. The van der Waals surface area contributed by atoms with E-state index in [9.17, 15) is 9.59 Å². The van der Waals surface area contributed by atoms with E-state index in [1.807, 2.05) is 33.8 Å². The van der Waals surface area contributed by atoms with E-state index in [1.165, 1.54) is 17.3 Å². The van der Waals surface area contributed by atoms with Gasteiger partial charge < -0.3 is 4.42 Å². The first kappa shape index (κ1) is 17.1. The number of carbonyl (C=O) groups excluding carboxylic acids is 2. The van der Waals surface area contributed by atoms with Crippen LogP contribution < -0.4 is 5.43 Å². The van der Waals surface area contributed by atoms with Crippen LogP contribution in [0.25, 0.3) is 0 Å². The number of nitrogens with one attached hydrogen (secondary N) is 1. The van der Waals surface area contributed by atoms with Gasteiger partial charge in [0, 0.05) is 5.56 Å². The summed E-state index contributed by atoms with van der Waals surface area (Å²) in [6.45, 7) is 7.37. The van der Waals surface area contributed by atoms with Crippen LogP contribution in [-0.4, -0.2) is 22.4 Å². The third-order valence-electron chi connectivity index (χ3n) is 3.18. The van der Waals surface area contributed by atoms with Crippen LogP contribution in [0, 0.1) is 6.92 Å². The highest BCUT2D eigenvalue weighted by molar-refractivity contribution is 6.33. The average molecular weight is 335 g/mol. The number of benzene rings is 1. The van der Waals surface area contributed by atoms with Gasteiger partial charge in [-0.1, -0.05) is 29.3 Å². The fraction of sp³-hybridized carbons (Fsp3) is 0.294. The molecule has 0 radical (unpaired) electrons. The van der Waals surface area contributed by atoms with Gasteiger partial charge in [0.2, 0.25) is 5.76 Å². The number of hydrogen-bond acceptors (Lipinski definition) is 3. The topological polar surface area (TPSA) is 62.6 Å². The lowest BCUT2D eigenvalue weighted by molar-refractivity contribution is 0.0349. The van der Waals surface area contributed by atoms with E-state index in [4.69, 9.17) is 16.0 Å². The van der Waals surface area contributed by atoms with Crippen molar-refractivity contribution in [2.24, 2.45) is 0 Å². The number of aryl methyl sites for hydroxylation is 1. The van der Waals surface area contributed by atoms with Gasteiger partial charge in [0.25, 0.3) is 5.91 Å². The lowest BCUT2D eigenvalue weighted by Crippen LogP contribution is -2.55. The number of hydrogen-bond donors (Lipinski definition) is 1. The number of nitrogens with zero attached hydrogens (tertiary/aromatic N) is 1. The third-order valence-corrected chi connectivity index (χ3v) is 3.47. The fourth-order valence-corrected chi connectivity index (χ4v) is 2.22. The van der Waals surface area contributed by atoms with Crippen molar-refractivity contribution in [2.75, 3.05) is 0 Å². The van der Waals surface area contributed by atoms with E-state index < -0.39 is 11.4 Å². The normalized spacial score (nSPS) is 11.2. The highest BCUT2D eigenvalue weighted by Gasteiger charge is 2.30. The molecular weight excluding hydrogens is 316 g/mol. The maximum absolute atomic E-state index is 12.8. The molecule has 5 nitrogen and oxygen atoms in total.